The van der Waals surface area contributed by atoms with Crippen LogP contribution >= 0.6 is 0 Å². The molecule has 4 rings (SSSR count). The SMILES string of the molecule is COc1ccc(C(=O)N2CC[C@H](c3nn(CCN)c4nccnc34)C2)c(OC)c1. The van der Waals surface area contributed by atoms with Gasteiger partial charge in [-0.1, -0.05) is 0 Å². The Kier molecular flexibility index (Phi) is 5.30. The molecule has 1 amide bonds. The van der Waals surface area contributed by atoms with Gasteiger partial charge < -0.3 is 20.1 Å². The Hall–Kier alpha value is -3.20. The van der Waals surface area contributed by atoms with E-state index in [4.69, 9.17) is 20.3 Å². The molecule has 29 heavy (non-hydrogen) atoms. The number of ether oxygens (including phenoxy) is 2. The number of likely N-dealkylation sites (tertiary alicyclic amines) is 1. The molecular formula is C20H24N6O3. The van der Waals surface area contributed by atoms with Gasteiger partial charge in [0, 0.05) is 44.0 Å². The van der Waals surface area contributed by atoms with Gasteiger partial charge in [0.05, 0.1) is 32.0 Å². The summed E-state index contributed by atoms with van der Waals surface area (Å²) in [4.78, 5) is 23.8. The maximum absolute atomic E-state index is 13.1. The summed E-state index contributed by atoms with van der Waals surface area (Å²) in [5.74, 6) is 1.18. The van der Waals surface area contributed by atoms with Crippen molar-refractivity contribution in [2.75, 3.05) is 33.9 Å². The monoisotopic (exact) mass is 396 g/mol. The van der Waals surface area contributed by atoms with Crippen molar-refractivity contribution >= 4 is 17.1 Å². The van der Waals surface area contributed by atoms with Crippen molar-refractivity contribution in [3.8, 4) is 11.5 Å². The van der Waals surface area contributed by atoms with Crippen molar-refractivity contribution in [3.63, 3.8) is 0 Å². The molecule has 1 aliphatic heterocycles. The topological polar surface area (TPSA) is 108 Å². The van der Waals surface area contributed by atoms with Crippen molar-refractivity contribution in [1.29, 1.82) is 0 Å². The highest BCUT2D eigenvalue weighted by Crippen LogP contribution is 2.33. The van der Waals surface area contributed by atoms with E-state index >= 15 is 0 Å². The first-order valence-corrected chi connectivity index (χ1v) is 9.55. The first-order chi connectivity index (χ1) is 14.2. The Morgan fingerprint density at radius 1 is 1.24 bits per heavy atom. The molecule has 0 saturated carbocycles. The molecule has 1 aliphatic rings. The first kappa shape index (κ1) is 19.1. The molecule has 1 fully saturated rings. The van der Waals surface area contributed by atoms with Crippen LogP contribution in [0.1, 0.15) is 28.4 Å². The van der Waals surface area contributed by atoms with Crippen LogP contribution in [-0.4, -0.2) is 64.4 Å². The first-order valence-electron chi connectivity index (χ1n) is 9.55. The molecule has 1 aromatic carbocycles. The fourth-order valence-corrected chi connectivity index (χ4v) is 3.79. The smallest absolute Gasteiger partial charge is 0.257 e. The molecule has 9 heteroatoms. The van der Waals surface area contributed by atoms with Crippen LogP contribution in [0.5, 0.6) is 11.5 Å². The number of carbonyl (C=O) groups is 1. The zero-order chi connectivity index (χ0) is 20.4. The quantitative estimate of drug-likeness (QED) is 0.671. The van der Waals surface area contributed by atoms with Crippen LogP contribution in [0, 0.1) is 0 Å². The number of benzene rings is 1. The lowest BCUT2D eigenvalue weighted by atomic mass is 10.0. The van der Waals surface area contributed by atoms with E-state index in [1.807, 2.05) is 4.90 Å². The van der Waals surface area contributed by atoms with Crippen LogP contribution in [0.4, 0.5) is 0 Å². The summed E-state index contributed by atoms with van der Waals surface area (Å²) in [6, 6.07) is 5.23. The van der Waals surface area contributed by atoms with Gasteiger partial charge in [-0.3, -0.25) is 4.79 Å². The number of methoxy groups -OCH3 is 2. The van der Waals surface area contributed by atoms with Crippen molar-refractivity contribution in [2.45, 2.75) is 18.9 Å². The van der Waals surface area contributed by atoms with Crippen LogP contribution in [0.2, 0.25) is 0 Å². The molecule has 3 aromatic rings. The molecule has 9 nitrogen and oxygen atoms in total. The van der Waals surface area contributed by atoms with Crippen LogP contribution in [0.25, 0.3) is 11.2 Å². The lowest BCUT2D eigenvalue weighted by molar-refractivity contribution is 0.0787. The van der Waals surface area contributed by atoms with E-state index in [-0.39, 0.29) is 11.8 Å². The van der Waals surface area contributed by atoms with E-state index in [9.17, 15) is 4.79 Å². The number of nitrogens with zero attached hydrogens (tertiary/aromatic N) is 5. The zero-order valence-corrected chi connectivity index (χ0v) is 16.5. The summed E-state index contributed by atoms with van der Waals surface area (Å²) in [7, 11) is 3.13. The van der Waals surface area contributed by atoms with E-state index < -0.39 is 0 Å². The normalized spacial score (nSPS) is 16.4. The lowest BCUT2D eigenvalue weighted by Gasteiger charge is -2.18. The molecule has 0 radical (unpaired) electrons. The predicted molar refractivity (Wildman–Crippen MR) is 107 cm³/mol. The molecule has 3 heterocycles. The van der Waals surface area contributed by atoms with Gasteiger partial charge in [-0.2, -0.15) is 5.10 Å². The van der Waals surface area contributed by atoms with E-state index in [1.165, 1.54) is 0 Å². The number of fused-ring (bicyclic) bond motifs is 1. The third-order valence-electron chi connectivity index (χ3n) is 5.24. The van der Waals surface area contributed by atoms with E-state index in [1.54, 1.807) is 49.5 Å². The Morgan fingerprint density at radius 3 is 2.83 bits per heavy atom. The van der Waals surface area contributed by atoms with Gasteiger partial charge in [-0.25, -0.2) is 14.6 Å². The number of nitrogens with two attached hydrogens (primary N) is 1. The molecule has 1 saturated heterocycles. The molecule has 0 aliphatic carbocycles. The second kappa shape index (κ2) is 8.04. The van der Waals surface area contributed by atoms with Gasteiger partial charge in [0.25, 0.3) is 5.91 Å². The number of carbonyl (C=O) groups excluding carboxylic acids is 1. The van der Waals surface area contributed by atoms with Gasteiger partial charge in [-0.15, -0.1) is 0 Å². The second-order valence-corrected chi connectivity index (χ2v) is 6.93. The minimum Gasteiger partial charge on any atom is -0.497 e. The molecule has 0 spiro atoms. The van der Waals surface area contributed by atoms with Crippen LogP contribution < -0.4 is 15.2 Å². The maximum Gasteiger partial charge on any atom is 0.257 e. The Morgan fingerprint density at radius 2 is 2.07 bits per heavy atom. The summed E-state index contributed by atoms with van der Waals surface area (Å²) >= 11 is 0. The van der Waals surface area contributed by atoms with Crippen molar-refractivity contribution in [3.05, 3.63) is 41.9 Å². The predicted octanol–water partition coefficient (Wildman–Crippen LogP) is 1.43. The van der Waals surface area contributed by atoms with Gasteiger partial charge in [0.1, 0.15) is 17.0 Å². The maximum atomic E-state index is 13.1. The fraction of sp³-hybridized carbons (Fsp3) is 0.400. The molecule has 2 aromatic heterocycles. The summed E-state index contributed by atoms with van der Waals surface area (Å²) in [5, 5.41) is 4.72. The number of rotatable bonds is 6. The van der Waals surface area contributed by atoms with Gasteiger partial charge in [0.2, 0.25) is 0 Å². The number of amides is 1. The standard InChI is InChI=1S/C20H24N6O3/c1-28-14-3-4-15(16(11-14)29-2)20(27)25-9-5-13(12-25)17-18-19(23-8-7-22-18)26(24-17)10-6-21/h3-4,7-8,11,13H,5-6,9-10,12,21H2,1-2H3/t13-/m0/s1. The summed E-state index contributed by atoms with van der Waals surface area (Å²) in [6.07, 6.45) is 4.14. The molecule has 152 valence electrons. The highest BCUT2D eigenvalue weighted by atomic mass is 16.5. The van der Waals surface area contributed by atoms with Gasteiger partial charge in [0.15, 0.2) is 5.65 Å². The van der Waals surface area contributed by atoms with Crippen LogP contribution in [0.15, 0.2) is 30.6 Å². The summed E-state index contributed by atoms with van der Waals surface area (Å²) in [6.45, 7) is 2.26. The molecular weight excluding hydrogens is 372 g/mol. The number of aromatic nitrogens is 4. The van der Waals surface area contributed by atoms with Crippen molar-refractivity contribution < 1.29 is 14.3 Å². The average molecular weight is 396 g/mol. The van der Waals surface area contributed by atoms with Crippen molar-refractivity contribution in [2.24, 2.45) is 5.73 Å². The second-order valence-electron chi connectivity index (χ2n) is 6.93. The third-order valence-corrected chi connectivity index (χ3v) is 5.24. The number of hydrogen-bond acceptors (Lipinski definition) is 7. The lowest BCUT2D eigenvalue weighted by Crippen LogP contribution is -2.29. The summed E-state index contributed by atoms with van der Waals surface area (Å²) < 4.78 is 12.4. The van der Waals surface area contributed by atoms with E-state index in [0.717, 1.165) is 23.3 Å². The average Bonchev–Trinajstić information content (AvgIpc) is 3.38. The highest BCUT2D eigenvalue weighted by Gasteiger charge is 2.32. The third kappa shape index (κ3) is 3.49. The highest BCUT2D eigenvalue weighted by molar-refractivity contribution is 5.97. The minimum absolute atomic E-state index is 0.0659. The minimum atomic E-state index is -0.0659. The fourth-order valence-electron chi connectivity index (χ4n) is 3.79. The Labute approximate surface area is 168 Å². The molecule has 1 atom stereocenters. The molecule has 0 bridgehead atoms. The van der Waals surface area contributed by atoms with Gasteiger partial charge >= 0.3 is 0 Å². The van der Waals surface area contributed by atoms with Crippen LogP contribution in [0.3, 0.4) is 0 Å². The Balaban J connectivity index is 1.59. The largest absolute Gasteiger partial charge is 0.497 e. The molecule has 2 N–H and O–H groups in total. The Bertz CT molecular complexity index is 1030. The van der Waals surface area contributed by atoms with Gasteiger partial charge in [-0.05, 0) is 18.6 Å². The zero-order valence-electron chi connectivity index (χ0n) is 16.5. The van der Waals surface area contributed by atoms with Crippen molar-refractivity contribution in [1.82, 2.24) is 24.6 Å². The van der Waals surface area contributed by atoms with E-state index in [0.29, 0.717) is 43.2 Å². The van der Waals surface area contributed by atoms with E-state index in [2.05, 4.69) is 9.97 Å². The van der Waals surface area contributed by atoms with Crippen LogP contribution in [-0.2, 0) is 6.54 Å². The summed E-state index contributed by atoms with van der Waals surface area (Å²) in [5.41, 5.74) is 8.61. The number of hydrogen-bond donors (Lipinski definition) is 1. The molecule has 0 unspecified atom stereocenters.